The van der Waals surface area contributed by atoms with Crippen LogP contribution in [0.4, 0.5) is 0 Å². The zero-order valence-corrected chi connectivity index (χ0v) is 13.7. The molecule has 2 heterocycles. The minimum atomic E-state index is -0.160. The van der Waals surface area contributed by atoms with E-state index in [0.717, 1.165) is 22.2 Å². The molecule has 4 N–H and O–H groups in total. The summed E-state index contributed by atoms with van der Waals surface area (Å²) < 4.78 is 2.12. The SMILES string of the molecule is NC(=[NH2+])SCC1CSc2nc(=O)c3ccccc3n21.[Br-]. The maximum atomic E-state index is 11.9. The Labute approximate surface area is 134 Å². The zero-order chi connectivity index (χ0) is 13.4. The van der Waals surface area contributed by atoms with Crippen molar-refractivity contribution in [1.29, 1.82) is 0 Å². The van der Waals surface area contributed by atoms with Gasteiger partial charge in [0.1, 0.15) is 0 Å². The summed E-state index contributed by atoms with van der Waals surface area (Å²) in [5.74, 6) is 1.68. The second kappa shape index (κ2) is 6.19. The number of halogens is 1. The molecule has 1 atom stereocenters. The fourth-order valence-electron chi connectivity index (χ4n) is 2.18. The van der Waals surface area contributed by atoms with Gasteiger partial charge in [0.25, 0.3) is 10.7 Å². The average molecular weight is 373 g/mol. The lowest BCUT2D eigenvalue weighted by molar-refractivity contribution is -0.110. The van der Waals surface area contributed by atoms with Crippen molar-refractivity contribution in [3.63, 3.8) is 0 Å². The highest BCUT2D eigenvalue weighted by Crippen LogP contribution is 2.35. The largest absolute Gasteiger partial charge is 1.00 e. The van der Waals surface area contributed by atoms with Gasteiger partial charge in [0.15, 0.2) is 5.16 Å². The Bertz CT molecular complexity index is 718. The Balaban J connectivity index is 0.00000147. The average Bonchev–Trinajstić information content (AvgIpc) is 2.80. The molecule has 5 nitrogen and oxygen atoms in total. The van der Waals surface area contributed by atoms with Crippen LogP contribution in [0.3, 0.4) is 0 Å². The number of thioether (sulfide) groups is 2. The van der Waals surface area contributed by atoms with E-state index < -0.39 is 0 Å². The third-order valence-corrected chi connectivity index (χ3v) is 4.99. The quantitative estimate of drug-likeness (QED) is 0.330. The topological polar surface area (TPSA) is 86.5 Å². The molecule has 2 aromatic rings. The summed E-state index contributed by atoms with van der Waals surface area (Å²) in [5.41, 5.74) is 6.28. The van der Waals surface area contributed by atoms with Crippen LogP contribution in [0.1, 0.15) is 6.04 Å². The number of rotatable bonds is 2. The molecule has 106 valence electrons. The Hall–Kier alpha value is -0.990. The molecule has 1 aliphatic rings. The molecule has 1 aliphatic heterocycles. The van der Waals surface area contributed by atoms with Crippen molar-refractivity contribution in [1.82, 2.24) is 9.55 Å². The summed E-state index contributed by atoms with van der Waals surface area (Å²) in [7, 11) is 0. The monoisotopic (exact) mass is 372 g/mol. The Morgan fingerprint density at radius 2 is 2.30 bits per heavy atom. The van der Waals surface area contributed by atoms with E-state index in [9.17, 15) is 4.79 Å². The lowest BCUT2D eigenvalue weighted by Crippen LogP contribution is -3.00. The summed E-state index contributed by atoms with van der Waals surface area (Å²) in [5, 5.41) is 7.32. The number of amidine groups is 1. The van der Waals surface area contributed by atoms with E-state index in [0.29, 0.717) is 10.6 Å². The van der Waals surface area contributed by atoms with E-state index in [-0.39, 0.29) is 28.6 Å². The van der Waals surface area contributed by atoms with Crippen molar-refractivity contribution in [2.45, 2.75) is 11.2 Å². The number of hydrogen-bond donors (Lipinski definition) is 2. The predicted molar refractivity (Wildman–Crippen MR) is 79.3 cm³/mol. The summed E-state index contributed by atoms with van der Waals surface area (Å²) in [6.07, 6.45) is 0. The third kappa shape index (κ3) is 2.72. The van der Waals surface area contributed by atoms with Gasteiger partial charge in [-0.3, -0.25) is 15.9 Å². The van der Waals surface area contributed by atoms with Gasteiger partial charge in [-0.1, -0.05) is 23.9 Å². The standard InChI is InChI=1S/C12H12N4OS2.BrH/c13-11(14)18-5-7-6-19-12-15-10(17)8-3-1-2-4-9(8)16(7)12;/h1-4,7H,5-6H2,(H3,13,14);1H. The van der Waals surface area contributed by atoms with Crippen molar-refractivity contribution in [3.8, 4) is 0 Å². The molecule has 0 saturated heterocycles. The van der Waals surface area contributed by atoms with Gasteiger partial charge in [0.05, 0.1) is 16.9 Å². The third-order valence-electron chi connectivity index (χ3n) is 3.01. The number of benzene rings is 1. The summed E-state index contributed by atoms with van der Waals surface area (Å²) in [6.45, 7) is 0. The molecule has 0 radical (unpaired) electrons. The van der Waals surface area contributed by atoms with Crippen LogP contribution in [-0.2, 0) is 0 Å². The van der Waals surface area contributed by atoms with Crippen molar-refractivity contribution in [3.05, 3.63) is 34.6 Å². The van der Waals surface area contributed by atoms with Crippen LogP contribution in [-0.4, -0.2) is 26.2 Å². The molecule has 0 fully saturated rings. The summed E-state index contributed by atoms with van der Waals surface area (Å²) in [4.78, 5) is 16.1. The predicted octanol–water partition coefficient (Wildman–Crippen LogP) is -3.15. The van der Waals surface area contributed by atoms with E-state index in [1.807, 2.05) is 24.3 Å². The minimum absolute atomic E-state index is 0. The molecule has 0 amide bonds. The van der Waals surface area contributed by atoms with E-state index >= 15 is 0 Å². The highest BCUT2D eigenvalue weighted by Gasteiger charge is 2.26. The molecule has 1 unspecified atom stereocenters. The van der Waals surface area contributed by atoms with Crippen LogP contribution >= 0.6 is 23.5 Å². The van der Waals surface area contributed by atoms with E-state index in [2.05, 4.69) is 9.55 Å². The van der Waals surface area contributed by atoms with Gasteiger partial charge in [-0.2, -0.15) is 4.98 Å². The van der Waals surface area contributed by atoms with Gasteiger partial charge >= 0.3 is 0 Å². The van der Waals surface area contributed by atoms with E-state index in [4.69, 9.17) is 11.1 Å². The molecule has 20 heavy (non-hydrogen) atoms. The van der Waals surface area contributed by atoms with Gasteiger partial charge < -0.3 is 21.5 Å². The van der Waals surface area contributed by atoms with Crippen LogP contribution in [0.25, 0.3) is 10.9 Å². The fraction of sp³-hybridized carbons (Fsp3) is 0.250. The van der Waals surface area contributed by atoms with Gasteiger partial charge in [0.2, 0.25) is 0 Å². The Morgan fingerprint density at radius 3 is 3.05 bits per heavy atom. The highest BCUT2D eigenvalue weighted by atomic mass is 79.9. The molecule has 8 heteroatoms. The van der Waals surface area contributed by atoms with Gasteiger partial charge in [-0.25, -0.2) is 0 Å². The van der Waals surface area contributed by atoms with Crippen molar-refractivity contribution in [2.24, 2.45) is 5.73 Å². The molecule has 3 rings (SSSR count). The zero-order valence-electron chi connectivity index (χ0n) is 10.5. The van der Waals surface area contributed by atoms with E-state index in [1.165, 1.54) is 11.8 Å². The number of nitrogens with zero attached hydrogens (tertiary/aromatic N) is 2. The first kappa shape index (κ1) is 15.4. The van der Waals surface area contributed by atoms with E-state index in [1.54, 1.807) is 11.8 Å². The molecular weight excluding hydrogens is 360 g/mol. The maximum absolute atomic E-state index is 11.9. The first-order valence-corrected chi connectivity index (χ1v) is 7.78. The van der Waals surface area contributed by atoms with Crippen molar-refractivity contribution < 1.29 is 22.4 Å². The number of fused-ring (bicyclic) bond motifs is 3. The number of nitrogens with two attached hydrogens (primary N) is 2. The summed E-state index contributed by atoms with van der Waals surface area (Å²) >= 11 is 3.04. The molecule has 0 spiro atoms. The smallest absolute Gasteiger partial charge is 0.299 e. The maximum Gasteiger partial charge on any atom is 0.299 e. The fourth-order valence-corrected chi connectivity index (χ4v) is 4.13. The molecule has 1 aromatic carbocycles. The van der Waals surface area contributed by atoms with Crippen LogP contribution in [0.2, 0.25) is 0 Å². The Kier molecular flexibility index (Phi) is 4.77. The number of aromatic nitrogens is 2. The normalized spacial score (nSPS) is 16.7. The second-order valence-corrected chi connectivity index (χ2v) is 6.35. The minimum Gasteiger partial charge on any atom is -1.00 e. The van der Waals surface area contributed by atoms with Crippen LogP contribution in [0.5, 0.6) is 0 Å². The lowest BCUT2D eigenvalue weighted by Gasteiger charge is -2.15. The summed E-state index contributed by atoms with van der Waals surface area (Å²) in [6, 6.07) is 7.82. The van der Waals surface area contributed by atoms with Crippen molar-refractivity contribution in [2.75, 3.05) is 11.5 Å². The molecule has 0 bridgehead atoms. The van der Waals surface area contributed by atoms with Gasteiger partial charge in [0, 0.05) is 11.5 Å². The molecule has 0 saturated carbocycles. The van der Waals surface area contributed by atoms with Crippen LogP contribution in [0, 0.1) is 0 Å². The van der Waals surface area contributed by atoms with Crippen LogP contribution < -0.4 is 33.7 Å². The first-order chi connectivity index (χ1) is 9.16. The molecular formula is C12H13BrN4OS2. The highest BCUT2D eigenvalue weighted by molar-refractivity contribution is 8.13. The van der Waals surface area contributed by atoms with Gasteiger partial charge in [-0.05, 0) is 23.9 Å². The first-order valence-electron chi connectivity index (χ1n) is 5.81. The lowest BCUT2D eigenvalue weighted by atomic mass is 10.2. The van der Waals surface area contributed by atoms with Crippen molar-refractivity contribution >= 4 is 39.6 Å². The Morgan fingerprint density at radius 1 is 1.55 bits per heavy atom. The number of para-hydroxylation sites is 1. The molecule has 1 aromatic heterocycles. The second-order valence-electron chi connectivity index (χ2n) is 4.26. The van der Waals surface area contributed by atoms with Crippen LogP contribution in [0.15, 0.2) is 34.2 Å². The number of hydrogen-bond acceptors (Lipinski definition) is 4. The molecule has 0 aliphatic carbocycles. The van der Waals surface area contributed by atoms with Gasteiger partial charge in [-0.15, -0.1) is 0 Å².